The molecule has 1 atom stereocenters. The van der Waals surface area contributed by atoms with Crippen LogP contribution in [-0.4, -0.2) is 29.6 Å². The highest BCUT2D eigenvalue weighted by atomic mass is 19.4. The van der Waals surface area contributed by atoms with Crippen molar-refractivity contribution in [3.05, 3.63) is 40.7 Å². The number of carbonyl (C=O) groups excluding carboxylic acids is 1. The van der Waals surface area contributed by atoms with E-state index in [0.717, 1.165) is 12.0 Å². The van der Waals surface area contributed by atoms with Crippen LogP contribution in [0.25, 0.3) is 0 Å². The first-order valence-corrected chi connectivity index (χ1v) is 9.42. The second kappa shape index (κ2) is 7.53. The number of alkyl halides is 3. The summed E-state index contributed by atoms with van der Waals surface area (Å²) in [4.78, 5) is 20.5. The van der Waals surface area contributed by atoms with Crippen molar-refractivity contribution < 1.29 is 27.4 Å². The summed E-state index contributed by atoms with van der Waals surface area (Å²) in [5, 5.41) is 2.46. The highest BCUT2D eigenvalue weighted by molar-refractivity contribution is 5.91. The standard InChI is InChI=1S/C20H20F3N3O3/c1-28-13-6-7-16-11(9-13)8-12(10-29-16)18(27)26-19-24-15-5-3-2-4-14(15)17(25-19)20(21,22)23/h6-7,9,12H,2-5,8,10H2,1H3,(H,24,25,26,27). The molecule has 0 saturated carbocycles. The Balaban J connectivity index is 1.55. The van der Waals surface area contributed by atoms with Crippen molar-refractivity contribution in [2.24, 2.45) is 5.92 Å². The van der Waals surface area contributed by atoms with Crippen LogP contribution >= 0.6 is 0 Å². The molecule has 2 aromatic rings. The third-order valence-corrected chi connectivity index (χ3v) is 5.23. The number of carbonyl (C=O) groups is 1. The first-order valence-electron chi connectivity index (χ1n) is 9.42. The molecule has 1 N–H and O–H groups in total. The second-order valence-corrected chi connectivity index (χ2v) is 7.20. The van der Waals surface area contributed by atoms with Gasteiger partial charge in [0.05, 0.1) is 13.0 Å². The molecule has 2 heterocycles. The van der Waals surface area contributed by atoms with Crippen LogP contribution < -0.4 is 14.8 Å². The molecular formula is C20H20F3N3O3. The van der Waals surface area contributed by atoms with Gasteiger partial charge in [-0.05, 0) is 55.9 Å². The molecule has 6 nitrogen and oxygen atoms in total. The largest absolute Gasteiger partial charge is 0.497 e. The summed E-state index contributed by atoms with van der Waals surface area (Å²) in [6, 6.07) is 5.31. The molecule has 1 aromatic heterocycles. The van der Waals surface area contributed by atoms with E-state index in [1.807, 2.05) is 0 Å². The number of aryl methyl sites for hydroxylation is 1. The van der Waals surface area contributed by atoms with E-state index in [1.165, 1.54) is 0 Å². The molecule has 1 aromatic carbocycles. The van der Waals surface area contributed by atoms with Crippen molar-refractivity contribution >= 4 is 11.9 Å². The Hall–Kier alpha value is -2.84. The minimum Gasteiger partial charge on any atom is -0.497 e. The number of anilines is 1. The summed E-state index contributed by atoms with van der Waals surface area (Å²) in [5.74, 6) is -0.0363. The van der Waals surface area contributed by atoms with Crippen LogP contribution in [0.1, 0.15) is 35.4 Å². The topological polar surface area (TPSA) is 73.3 Å². The van der Waals surface area contributed by atoms with E-state index in [9.17, 15) is 18.0 Å². The van der Waals surface area contributed by atoms with E-state index in [2.05, 4.69) is 15.3 Å². The fraction of sp³-hybridized carbons (Fsp3) is 0.450. The molecule has 0 fully saturated rings. The number of fused-ring (bicyclic) bond motifs is 2. The Bertz CT molecular complexity index is 947. The predicted octanol–water partition coefficient (Wildman–Crippen LogP) is 3.57. The summed E-state index contributed by atoms with van der Waals surface area (Å²) in [7, 11) is 1.54. The summed E-state index contributed by atoms with van der Waals surface area (Å²) < 4.78 is 51.2. The first-order chi connectivity index (χ1) is 13.8. The highest BCUT2D eigenvalue weighted by Gasteiger charge is 2.38. The fourth-order valence-electron chi connectivity index (χ4n) is 3.76. The normalized spacial score (nSPS) is 18.3. The maximum Gasteiger partial charge on any atom is 0.433 e. The lowest BCUT2D eigenvalue weighted by molar-refractivity contribution is -0.142. The van der Waals surface area contributed by atoms with E-state index < -0.39 is 23.7 Å². The number of nitrogens with one attached hydrogen (secondary N) is 1. The van der Waals surface area contributed by atoms with Gasteiger partial charge in [0.1, 0.15) is 18.1 Å². The summed E-state index contributed by atoms with van der Waals surface area (Å²) in [6.07, 6.45) is -2.02. The van der Waals surface area contributed by atoms with Gasteiger partial charge in [-0.25, -0.2) is 9.97 Å². The van der Waals surface area contributed by atoms with Crippen molar-refractivity contribution in [2.45, 2.75) is 38.3 Å². The maximum absolute atomic E-state index is 13.4. The maximum atomic E-state index is 13.4. The van der Waals surface area contributed by atoms with Crippen molar-refractivity contribution in [3.63, 3.8) is 0 Å². The molecule has 1 amide bonds. The van der Waals surface area contributed by atoms with Crippen LogP contribution in [0.3, 0.4) is 0 Å². The monoisotopic (exact) mass is 407 g/mol. The van der Waals surface area contributed by atoms with Crippen LogP contribution in [0.5, 0.6) is 11.5 Å². The quantitative estimate of drug-likeness (QED) is 0.842. The van der Waals surface area contributed by atoms with Crippen molar-refractivity contribution in [2.75, 3.05) is 19.0 Å². The predicted molar refractivity (Wildman–Crippen MR) is 98.0 cm³/mol. The third-order valence-electron chi connectivity index (χ3n) is 5.23. The van der Waals surface area contributed by atoms with Gasteiger partial charge in [-0.3, -0.25) is 10.1 Å². The number of aromatic nitrogens is 2. The van der Waals surface area contributed by atoms with Crippen molar-refractivity contribution in [1.82, 2.24) is 9.97 Å². The van der Waals surface area contributed by atoms with Crippen LogP contribution in [0, 0.1) is 5.92 Å². The van der Waals surface area contributed by atoms with Gasteiger partial charge in [0, 0.05) is 11.3 Å². The second-order valence-electron chi connectivity index (χ2n) is 7.20. The average molecular weight is 407 g/mol. The molecule has 0 bridgehead atoms. The van der Waals surface area contributed by atoms with Crippen LogP contribution in [0.2, 0.25) is 0 Å². The van der Waals surface area contributed by atoms with Crippen molar-refractivity contribution in [3.8, 4) is 11.5 Å². The lowest BCUT2D eigenvalue weighted by atomic mass is 9.94. The lowest BCUT2D eigenvalue weighted by Crippen LogP contribution is -2.33. The fourth-order valence-corrected chi connectivity index (χ4v) is 3.76. The Morgan fingerprint density at radius 1 is 1.24 bits per heavy atom. The Labute approximate surface area is 165 Å². The minimum atomic E-state index is -4.59. The minimum absolute atomic E-state index is 0.127. The molecular weight excluding hydrogens is 387 g/mol. The molecule has 4 rings (SSSR count). The van der Waals surface area contributed by atoms with Gasteiger partial charge in [0.25, 0.3) is 0 Å². The molecule has 1 unspecified atom stereocenters. The van der Waals surface area contributed by atoms with Gasteiger partial charge in [-0.2, -0.15) is 13.2 Å². The van der Waals surface area contributed by atoms with Crippen molar-refractivity contribution in [1.29, 1.82) is 0 Å². The van der Waals surface area contributed by atoms with Gasteiger partial charge in [0.15, 0.2) is 5.69 Å². The average Bonchev–Trinajstić information content (AvgIpc) is 2.71. The number of halogens is 3. The van der Waals surface area contributed by atoms with E-state index >= 15 is 0 Å². The SMILES string of the molecule is COc1ccc2c(c1)CC(C(=O)Nc1nc3c(c(C(F)(F)F)n1)CCCC3)CO2. The lowest BCUT2D eigenvalue weighted by Gasteiger charge is -2.25. The number of methoxy groups -OCH3 is 1. The highest BCUT2D eigenvalue weighted by Crippen LogP contribution is 2.35. The molecule has 2 aliphatic rings. The van der Waals surface area contributed by atoms with E-state index in [-0.39, 0.29) is 18.1 Å². The third kappa shape index (κ3) is 3.99. The van der Waals surface area contributed by atoms with E-state index in [1.54, 1.807) is 25.3 Å². The molecule has 0 radical (unpaired) electrons. The van der Waals surface area contributed by atoms with Gasteiger partial charge in [-0.15, -0.1) is 0 Å². The zero-order chi connectivity index (χ0) is 20.6. The Morgan fingerprint density at radius 3 is 2.79 bits per heavy atom. The number of hydrogen-bond acceptors (Lipinski definition) is 5. The Kier molecular flexibility index (Phi) is 5.06. The van der Waals surface area contributed by atoms with Crippen LogP contribution in [-0.2, 0) is 30.2 Å². The number of benzene rings is 1. The summed E-state index contributed by atoms with van der Waals surface area (Å²) in [6.45, 7) is 0.127. The summed E-state index contributed by atoms with van der Waals surface area (Å²) in [5.41, 5.74) is 0.359. The van der Waals surface area contributed by atoms with E-state index in [0.29, 0.717) is 42.9 Å². The van der Waals surface area contributed by atoms with Crippen LogP contribution in [0.4, 0.5) is 19.1 Å². The molecule has 0 saturated heterocycles. The number of nitrogens with zero attached hydrogens (tertiary/aromatic N) is 2. The molecule has 9 heteroatoms. The van der Waals surface area contributed by atoms with Gasteiger partial charge in [0.2, 0.25) is 11.9 Å². The number of hydrogen-bond donors (Lipinski definition) is 1. The molecule has 29 heavy (non-hydrogen) atoms. The molecule has 1 aliphatic heterocycles. The van der Waals surface area contributed by atoms with Gasteiger partial charge >= 0.3 is 6.18 Å². The van der Waals surface area contributed by atoms with Gasteiger partial charge < -0.3 is 9.47 Å². The molecule has 1 aliphatic carbocycles. The molecule has 0 spiro atoms. The smallest absolute Gasteiger partial charge is 0.433 e. The van der Waals surface area contributed by atoms with E-state index in [4.69, 9.17) is 9.47 Å². The number of amides is 1. The number of rotatable bonds is 3. The van der Waals surface area contributed by atoms with Crippen LogP contribution in [0.15, 0.2) is 18.2 Å². The Morgan fingerprint density at radius 2 is 2.03 bits per heavy atom. The zero-order valence-electron chi connectivity index (χ0n) is 15.8. The first kappa shape index (κ1) is 19.5. The van der Waals surface area contributed by atoms with Gasteiger partial charge in [-0.1, -0.05) is 0 Å². The zero-order valence-corrected chi connectivity index (χ0v) is 15.8. The number of ether oxygens (including phenoxy) is 2. The molecule has 154 valence electrons. The summed E-state index contributed by atoms with van der Waals surface area (Å²) >= 11 is 0.